The molecule has 0 spiro atoms. The number of benzene rings is 1. The highest BCUT2D eigenvalue weighted by Crippen LogP contribution is 2.23. The Balaban J connectivity index is 1.64. The molecule has 19 heavy (non-hydrogen) atoms. The molecule has 1 saturated heterocycles. The first-order chi connectivity index (χ1) is 9.22. The van der Waals surface area contributed by atoms with Gasteiger partial charge in [-0.05, 0) is 43.4 Å². The van der Waals surface area contributed by atoms with Crippen molar-refractivity contribution in [3.05, 3.63) is 34.9 Å². The molecule has 3 nitrogen and oxygen atoms in total. The van der Waals surface area contributed by atoms with Crippen LogP contribution in [0.1, 0.15) is 31.2 Å². The number of likely N-dealkylation sites (tertiary alicyclic amines) is 1. The molecule has 1 aromatic rings. The summed E-state index contributed by atoms with van der Waals surface area (Å²) < 4.78 is 0. The number of hydrogen-bond acceptors (Lipinski definition) is 2. The summed E-state index contributed by atoms with van der Waals surface area (Å²) >= 11 is 5.99. The quantitative estimate of drug-likeness (QED) is 0.918. The third-order valence-electron chi connectivity index (χ3n) is 3.81. The van der Waals surface area contributed by atoms with Crippen LogP contribution in [0.5, 0.6) is 0 Å². The number of amides is 1. The van der Waals surface area contributed by atoms with Gasteiger partial charge < -0.3 is 10.2 Å². The van der Waals surface area contributed by atoms with Gasteiger partial charge in [-0.3, -0.25) is 4.79 Å². The third-order valence-corrected chi connectivity index (χ3v) is 4.04. The van der Waals surface area contributed by atoms with E-state index < -0.39 is 0 Å². The van der Waals surface area contributed by atoms with Gasteiger partial charge in [0, 0.05) is 24.2 Å². The summed E-state index contributed by atoms with van der Waals surface area (Å²) in [5, 5.41) is 4.18. The van der Waals surface area contributed by atoms with E-state index >= 15 is 0 Å². The Morgan fingerprint density at radius 1 is 1.32 bits per heavy atom. The summed E-state index contributed by atoms with van der Waals surface area (Å²) in [4.78, 5) is 14.4. The van der Waals surface area contributed by atoms with Gasteiger partial charge in [-0.2, -0.15) is 0 Å². The average Bonchev–Trinajstić information content (AvgIpc) is 3.18. The topological polar surface area (TPSA) is 32.3 Å². The highest BCUT2D eigenvalue weighted by molar-refractivity contribution is 6.30. The normalized spacial score (nSPS) is 23.7. The van der Waals surface area contributed by atoms with Crippen LogP contribution in [0.3, 0.4) is 0 Å². The van der Waals surface area contributed by atoms with Crippen LogP contribution >= 0.6 is 11.6 Å². The van der Waals surface area contributed by atoms with Crippen molar-refractivity contribution in [3.8, 4) is 0 Å². The SMILES string of the molecule is O=C1C(NC2CC2)CCCN1Cc1cccc(Cl)c1. The van der Waals surface area contributed by atoms with Gasteiger partial charge in [0.2, 0.25) is 5.91 Å². The van der Waals surface area contributed by atoms with Gasteiger partial charge >= 0.3 is 0 Å². The fourth-order valence-corrected chi connectivity index (χ4v) is 2.86. The molecule has 102 valence electrons. The monoisotopic (exact) mass is 278 g/mol. The summed E-state index contributed by atoms with van der Waals surface area (Å²) in [6.45, 7) is 1.52. The highest BCUT2D eigenvalue weighted by Gasteiger charge is 2.33. The van der Waals surface area contributed by atoms with Gasteiger partial charge in [0.15, 0.2) is 0 Å². The molecule has 2 aliphatic rings. The molecule has 1 saturated carbocycles. The summed E-state index contributed by atoms with van der Waals surface area (Å²) in [5.74, 6) is 0.248. The minimum atomic E-state index is 0.0282. The van der Waals surface area contributed by atoms with Crippen LogP contribution in [-0.4, -0.2) is 29.4 Å². The second kappa shape index (κ2) is 5.51. The van der Waals surface area contributed by atoms with E-state index in [0.29, 0.717) is 12.6 Å². The first-order valence-electron chi connectivity index (χ1n) is 7.01. The van der Waals surface area contributed by atoms with Crippen molar-refractivity contribution in [2.75, 3.05) is 6.54 Å². The fourth-order valence-electron chi connectivity index (χ4n) is 2.64. The van der Waals surface area contributed by atoms with Crippen LogP contribution in [-0.2, 0) is 11.3 Å². The van der Waals surface area contributed by atoms with Crippen LogP contribution in [0, 0.1) is 0 Å². The number of halogens is 1. The van der Waals surface area contributed by atoms with Crippen molar-refractivity contribution < 1.29 is 4.79 Å². The van der Waals surface area contributed by atoms with E-state index in [0.717, 1.165) is 30.0 Å². The third kappa shape index (κ3) is 3.28. The fraction of sp³-hybridized carbons (Fsp3) is 0.533. The van der Waals surface area contributed by atoms with Crippen molar-refractivity contribution in [2.45, 2.75) is 44.3 Å². The first kappa shape index (κ1) is 12.9. The second-order valence-electron chi connectivity index (χ2n) is 5.53. The van der Waals surface area contributed by atoms with E-state index in [2.05, 4.69) is 5.32 Å². The molecule has 1 amide bonds. The Kier molecular flexibility index (Phi) is 3.76. The summed E-state index contributed by atoms with van der Waals surface area (Å²) in [6.07, 6.45) is 4.49. The van der Waals surface area contributed by atoms with Crippen LogP contribution < -0.4 is 5.32 Å². The van der Waals surface area contributed by atoms with Gasteiger partial charge in [-0.1, -0.05) is 23.7 Å². The van der Waals surface area contributed by atoms with E-state index in [1.54, 1.807) is 0 Å². The number of carbonyl (C=O) groups is 1. The minimum absolute atomic E-state index is 0.0282. The molecule has 3 rings (SSSR count). The molecule has 1 atom stereocenters. The molecule has 0 radical (unpaired) electrons. The van der Waals surface area contributed by atoms with Crippen molar-refractivity contribution in [3.63, 3.8) is 0 Å². The zero-order chi connectivity index (χ0) is 13.2. The number of rotatable bonds is 4. The van der Waals surface area contributed by atoms with E-state index in [4.69, 9.17) is 11.6 Å². The zero-order valence-corrected chi connectivity index (χ0v) is 11.7. The largest absolute Gasteiger partial charge is 0.337 e. The average molecular weight is 279 g/mol. The maximum atomic E-state index is 12.4. The van der Waals surface area contributed by atoms with Crippen LogP contribution in [0.15, 0.2) is 24.3 Å². The molecular weight excluding hydrogens is 260 g/mol. The molecule has 1 unspecified atom stereocenters. The van der Waals surface area contributed by atoms with Crippen molar-refractivity contribution in [1.82, 2.24) is 10.2 Å². The van der Waals surface area contributed by atoms with Crippen LogP contribution in [0.4, 0.5) is 0 Å². The molecule has 1 aliphatic heterocycles. The lowest BCUT2D eigenvalue weighted by molar-refractivity contribution is -0.136. The Bertz CT molecular complexity index is 473. The molecular formula is C15H19ClN2O. The number of carbonyl (C=O) groups excluding carboxylic acids is 1. The summed E-state index contributed by atoms with van der Waals surface area (Å²) in [7, 11) is 0. The number of nitrogens with one attached hydrogen (secondary N) is 1. The van der Waals surface area contributed by atoms with E-state index in [1.165, 1.54) is 12.8 Å². The molecule has 1 N–H and O–H groups in total. The van der Waals surface area contributed by atoms with E-state index in [9.17, 15) is 4.79 Å². The maximum absolute atomic E-state index is 12.4. The lowest BCUT2D eigenvalue weighted by Gasteiger charge is -2.33. The van der Waals surface area contributed by atoms with Crippen LogP contribution in [0.25, 0.3) is 0 Å². The van der Waals surface area contributed by atoms with Crippen molar-refractivity contribution in [2.24, 2.45) is 0 Å². The molecule has 4 heteroatoms. The number of hydrogen-bond donors (Lipinski definition) is 1. The first-order valence-corrected chi connectivity index (χ1v) is 7.39. The van der Waals surface area contributed by atoms with Gasteiger partial charge in [-0.25, -0.2) is 0 Å². The highest BCUT2D eigenvalue weighted by atomic mass is 35.5. The smallest absolute Gasteiger partial charge is 0.240 e. The Morgan fingerprint density at radius 3 is 2.89 bits per heavy atom. The van der Waals surface area contributed by atoms with E-state index in [-0.39, 0.29) is 11.9 Å². The summed E-state index contributed by atoms with van der Waals surface area (Å²) in [6, 6.07) is 8.37. The molecule has 0 aromatic heterocycles. The molecule has 1 heterocycles. The Morgan fingerprint density at radius 2 is 2.16 bits per heavy atom. The minimum Gasteiger partial charge on any atom is -0.337 e. The summed E-state index contributed by atoms with van der Waals surface area (Å²) in [5.41, 5.74) is 1.10. The van der Waals surface area contributed by atoms with Gasteiger partial charge in [0.1, 0.15) is 0 Å². The number of piperidine rings is 1. The second-order valence-corrected chi connectivity index (χ2v) is 5.96. The molecule has 2 fully saturated rings. The van der Waals surface area contributed by atoms with E-state index in [1.807, 2.05) is 29.2 Å². The maximum Gasteiger partial charge on any atom is 0.240 e. The lowest BCUT2D eigenvalue weighted by Crippen LogP contribution is -2.50. The molecule has 0 bridgehead atoms. The Hall–Kier alpha value is -1.06. The molecule has 1 aliphatic carbocycles. The molecule has 1 aromatic carbocycles. The van der Waals surface area contributed by atoms with Gasteiger partial charge in [-0.15, -0.1) is 0 Å². The lowest BCUT2D eigenvalue weighted by atomic mass is 10.0. The van der Waals surface area contributed by atoms with Crippen molar-refractivity contribution >= 4 is 17.5 Å². The zero-order valence-electron chi connectivity index (χ0n) is 10.9. The van der Waals surface area contributed by atoms with Gasteiger partial charge in [0.25, 0.3) is 0 Å². The van der Waals surface area contributed by atoms with Crippen molar-refractivity contribution in [1.29, 1.82) is 0 Å². The Labute approximate surface area is 118 Å². The predicted octanol–water partition coefficient (Wildman–Crippen LogP) is 2.58. The predicted molar refractivity (Wildman–Crippen MR) is 76.0 cm³/mol. The van der Waals surface area contributed by atoms with Crippen LogP contribution in [0.2, 0.25) is 5.02 Å². The standard InChI is InChI=1S/C15H19ClN2O/c16-12-4-1-3-11(9-12)10-18-8-2-5-14(15(18)19)17-13-6-7-13/h1,3-4,9,13-14,17H,2,5-8,10H2. The number of nitrogens with zero attached hydrogens (tertiary/aromatic N) is 1. The van der Waals surface area contributed by atoms with Gasteiger partial charge in [0.05, 0.1) is 6.04 Å².